The first-order chi connectivity index (χ1) is 7.02. The molecule has 0 spiro atoms. The summed E-state index contributed by atoms with van der Waals surface area (Å²) in [4.78, 5) is 13.4. The van der Waals surface area contributed by atoms with Gasteiger partial charge >= 0.3 is 0 Å². The van der Waals surface area contributed by atoms with Gasteiger partial charge in [-0.3, -0.25) is 15.1 Å². The zero-order chi connectivity index (χ0) is 11.4. The molecule has 1 rings (SSSR count). The molecule has 0 saturated carbocycles. The number of carbonyl (C=O) groups excluding carboxylic acids is 1. The highest BCUT2D eigenvalue weighted by Gasteiger charge is 2.26. The van der Waals surface area contributed by atoms with Gasteiger partial charge in [0, 0.05) is 25.6 Å². The lowest BCUT2D eigenvalue weighted by Crippen LogP contribution is -2.50. The van der Waals surface area contributed by atoms with Crippen molar-refractivity contribution in [2.24, 2.45) is 5.84 Å². The summed E-state index contributed by atoms with van der Waals surface area (Å²) >= 11 is 0. The molecule has 0 radical (unpaired) electrons. The lowest BCUT2D eigenvalue weighted by molar-refractivity contribution is -0.124. The predicted octanol–water partition coefficient (Wildman–Crippen LogP) is -0.136. The van der Waals surface area contributed by atoms with E-state index < -0.39 is 0 Å². The SMILES string of the molecule is CC1CN(C(C)CC(=O)NN)CC(C)O1. The summed E-state index contributed by atoms with van der Waals surface area (Å²) in [5.41, 5.74) is 2.16. The predicted molar refractivity (Wildman–Crippen MR) is 58.0 cm³/mol. The average Bonchev–Trinajstić information content (AvgIpc) is 2.16. The van der Waals surface area contributed by atoms with Crippen LogP contribution in [0, 0.1) is 0 Å². The lowest BCUT2D eigenvalue weighted by Gasteiger charge is -2.38. The summed E-state index contributed by atoms with van der Waals surface area (Å²) in [5, 5.41) is 0. The number of nitrogens with zero attached hydrogens (tertiary/aromatic N) is 1. The number of morpholine rings is 1. The van der Waals surface area contributed by atoms with Gasteiger partial charge in [0.2, 0.25) is 5.91 Å². The van der Waals surface area contributed by atoms with Gasteiger partial charge in [0.25, 0.3) is 0 Å². The van der Waals surface area contributed by atoms with Crippen LogP contribution in [0.25, 0.3) is 0 Å². The maximum atomic E-state index is 11.1. The maximum Gasteiger partial charge on any atom is 0.235 e. The van der Waals surface area contributed by atoms with E-state index in [0.717, 1.165) is 13.1 Å². The van der Waals surface area contributed by atoms with Crippen molar-refractivity contribution in [3.8, 4) is 0 Å². The summed E-state index contributed by atoms with van der Waals surface area (Å²) < 4.78 is 5.63. The van der Waals surface area contributed by atoms with Crippen LogP contribution in [0.1, 0.15) is 27.2 Å². The van der Waals surface area contributed by atoms with E-state index in [1.807, 2.05) is 6.92 Å². The fraction of sp³-hybridized carbons (Fsp3) is 0.900. The first-order valence-electron chi connectivity index (χ1n) is 5.42. The molecule has 0 aromatic rings. The number of rotatable bonds is 3. The molecule has 0 bridgehead atoms. The van der Waals surface area contributed by atoms with Crippen LogP contribution >= 0.6 is 0 Å². The molecule has 1 aliphatic heterocycles. The van der Waals surface area contributed by atoms with Crippen molar-refractivity contribution in [1.82, 2.24) is 10.3 Å². The van der Waals surface area contributed by atoms with E-state index in [1.54, 1.807) is 0 Å². The zero-order valence-corrected chi connectivity index (χ0v) is 9.69. The highest BCUT2D eigenvalue weighted by molar-refractivity contribution is 5.75. The molecule has 5 nitrogen and oxygen atoms in total. The molecule has 88 valence electrons. The summed E-state index contributed by atoms with van der Waals surface area (Å²) in [5.74, 6) is 4.95. The topological polar surface area (TPSA) is 67.6 Å². The van der Waals surface area contributed by atoms with E-state index in [2.05, 4.69) is 24.2 Å². The average molecular weight is 215 g/mol. The second-order valence-corrected chi connectivity index (χ2v) is 4.33. The fourth-order valence-corrected chi connectivity index (χ4v) is 2.03. The second-order valence-electron chi connectivity index (χ2n) is 4.33. The van der Waals surface area contributed by atoms with Gasteiger partial charge in [-0.2, -0.15) is 0 Å². The fourth-order valence-electron chi connectivity index (χ4n) is 2.03. The molecule has 1 saturated heterocycles. The number of hydrazine groups is 1. The smallest absolute Gasteiger partial charge is 0.235 e. The molecule has 1 aliphatic rings. The lowest BCUT2D eigenvalue weighted by atomic mass is 10.1. The Kier molecular flexibility index (Phi) is 4.50. The monoisotopic (exact) mass is 215 g/mol. The van der Waals surface area contributed by atoms with Gasteiger partial charge in [0.15, 0.2) is 0 Å². The van der Waals surface area contributed by atoms with Crippen molar-refractivity contribution in [2.75, 3.05) is 13.1 Å². The molecule has 1 amide bonds. The Bertz CT molecular complexity index is 213. The van der Waals surface area contributed by atoms with Crippen LogP contribution in [0.2, 0.25) is 0 Å². The number of ether oxygens (including phenoxy) is 1. The third-order valence-electron chi connectivity index (χ3n) is 2.71. The number of hydrogen-bond donors (Lipinski definition) is 2. The van der Waals surface area contributed by atoms with Crippen LogP contribution in [-0.2, 0) is 9.53 Å². The summed E-state index contributed by atoms with van der Waals surface area (Å²) in [6.45, 7) is 7.91. The number of carbonyl (C=O) groups is 1. The van der Waals surface area contributed by atoms with Crippen LogP contribution in [0.4, 0.5) is 0 Å². The standard InChI is InChI=1S/C10H21N3O2/c1-7(4-10(14)12-11)13-5-8(2)15-9(3)6-13/h7-9H,4-6,11H2,1-3H3,(H,12,14). The highest BCUT2D eigenvalue weighted by Crippen LogP contribution is 2.14. The van der Waals surface area contributed by atoms with Gasteiger partial charge in [-0.25, -0.2) is 5.84 Å². The molecule has 3 N–H and O–H groups in total. The molecule has 15 heavy (non-hydrogen) atoms. The Morgan fingerprint density at radius 1 is 1.53 bits per heavy atom. The Balaban J connectivity index is 2.44. The number of amides is 1. The van der Waals surface area contributed by atoms with Crippen molar-refractivity contribution in [2.45, 2.75) is 45.4 Å². The Hall–Kier alpha value is -0.650. The van der Waals surface area contributed by atoms with Gasteiger partial charge in [0.05, 0.1) is 12.2 Å². The second kappa shape index (κ2) is 5.44. The van der Waals surface area contributed by atoms with E-state index in [9.17, 15) is 4.79 Å². The van der Waals surface area contributed by atoms with Gasteiger partial charge in [0.1, 0.15) is 0 Å². The van der Waals surface area contributed by atoms with Crippen LogP contribution in [0.3, 0.4) is 0 Å². The zero-order valence-electron chi connectivity index (χ0n) is 9.69. The van der Waals surface area contributed by atoms with Crippen LogP contribution < -0.4 is 11.3 Å². The Morgan fingerprint density at radius 2 is 2.07 bits per heavy atom. The minimum atomic E-state index is -0.116. The molecule has 3 unspecified atom stereocenters. The van der Waals surface area contributed by atoms with Crippen molar-refractivity contribution in [3.63, 3.8) is 0 Å². The van der Waals surface area contributed by atoms with Gasteiger partial charge in [-0.1, -0.05) is 0 Å². The van der Waals surface area contributed by atoms with Crippen LogP contribution in [-0.4, -0.2) is 42.1 Å². The molecule has 0 aromatic carbocycles. The van der Waals surface area contributed by atoms with E-state index in [4.69, 9.17) is 10.6 Å². The highest BCUT2D eigenvalue weighted by atomic mass is 16.5. The molecule has 0 aromatic heterocycles. The van der Waals surface area contributed by atoms with Gasteiger partial charge < -0.3 is 4.74 Å². The minimum absolute atomic E-state index is 0.116. The van der Waals surface area contributed by atoms with Gasteiger partial charge in [-0.15, -0.1) is 0 Å². The van der Waals surface area contributed by atoms with Crippen molar-refractivity contribution in [1.29, 1.82) is 0 Å². The van der Waals surface area contributed by atoms with E-state index >= 15 is 0 Å². The van der Waals surface area contributed by atoms with E-state index in [0.29, 0.717) is 6.42 Å². The third kappa shape index (κ3) is 3.77. The molecule has 0 aliphatic carbocycles. The molecule has 1 heterocycles. The number of nitrogens with one attached hydrogen (secondary N) is 1. The van der Waals surface area contributed by atoms with Crippen molar-refractivity contribution < 1.29 is 9.53 Å². The first kappa shape index (κ1) is 12.4. The summed E-state index contributed by atoms with van der Waals surface area (Å²) in [6.07, 6.45) is 0.907. The molecular weight excluding hydrogens is 194 g/mol. The van der Waals surface area contributed by atoms with Crippen LogP contribution in [0.15, 0.2) is 0 Å². The normalized spacial score (nSPS) is 29.9. The van der Waals surface area contributed by atoms with Crippen LogP contribution in [0.5, 0.6) is 0 Å². The molecular formula is C10H21N3O2. The van der Waals surface area contributed by atoms with Gasteiger partial charge in [-0.05, 0) is 20.8 Å². The van der Waals surface area contributed by atoms with Crippen molar-refractivity contribution >= 4 is 5.91 Å². The van der Waals surface area contributed by atoms with E-state index in [-0.39, 0.29) is 24.2 Å². The van der Waals surface area contributed by atoms with E-state index in [1.165, 1.54) is 0 Å². The number of nitrogens with two attached hydrogens (primary N) is 1. The quantitative estimate of drug-likeness (QED) is 0.391. The Labute approximate surface area is 90.9 Å². The molecule has 5 heteroatoms. The molecule has 1 fully saturated rings. The largest absolute Gasteiger partial charge is 0.373 e. The minimum Gasteiger partial charge on any atom is -0.373 e. The third-order valence-corrected chi connectivity index (χ3v) is 2.71. The maximum absolute atomic E-state index is 11.1. The Morgan fingerprint density at radius 3 is 2.53 bits per heavy atom. The first-order valence-corrected chi connectivity index (χ1v) is 5.42. The molecule has 3 atom stereocenters. The summed E-state index contributed by atoms with van der Waals surface area (Å²) in [7, 11) is 0. The van der Waals surface area contributed by atoms with Crippen molar-refractivity contribution in [3.05, 3.63) is 0 Å². The number of hydrogen-bond acceptors (Lipinski definition) is 4. The summed E-state index contributed by atoms with van der Waals surface area (Å²) in [6, 6.07) is 0.211.